The first kappa shape index (κ1) is 13.5. The predicted molar refractivity (Wildman–Crippen MR) is 78.4 cm³/mol. The van der Waals surface area contributed by atoms with Crippen LogP contribution in [0.2, 0.25) is 0 Å². The highest BCUT2D eigenvalue weighted by Crippen LogP contribution is 2.21. The topological polar surface area (TPSA) is 70.1 Å². The Morgan fingerprint density at radius 1 is 1.26 bits per heavy atom. The molecule has 2 rings (SSSR count). The van der Waals surface area contributed by atoms with E-state index in [2.05, 4.69) is 27.5 Å². The summed E-state index contributed by atoms with van der Waals surface area (Å²) >= 11 is 0. The Labute approximate surface area is 113 Å². The third kappa shape index (κ3) is 3.32. The van der Waals surface area contributed by atoms with Crippen molar-refractivity contribution in [1.29, 1.82) is 0 Å². The number of rotatable bonds is 6. The number of hydrogen-bond donors (Lipinski definition) is 3. The molecule has 1 atom stereocenters. The van der Waals surface area contributed by atoms with Crippen molar-refractivity contribution in [1.82, 2.24) is 9.97 Å². The molecule has 0 aliphatic heterocycles. The minimum Gasteiger partial charge on any atom is -0.396 e. The molecule has 2 aromatic rings. The van der Waals surface area contributed by atoms with Gasteiger partial charge in [-0.3, -0.25) is 0 Å². The molecule has 1 heterocycles. The highest BCUT2D eigenvalue weighted by molar-refractivity contribution is 5.89. The molecule has 0 bridgehead atoms. The van der Waals surface area contributed by atoms with Gasteiger partial charge in [0.2, 0.25) is 5.95 Å². The Hall–Kier alpha value is -1.88. The van der Waals surface area contributed by atoms with Gasteiger partial charge in [-0.2, -0.15) is 4.98 Å². The number of benzene rings is 1. The van der Waals surface area contributed by atoms with Gasteiger partial charge in [0, 0.05) is 25.6 Å². The fourth-order valence-electron chi connectivity index (χ4n) is 1.92. The molecule has 5 heteroatoms. The number of aliphatic hydroxyl groups excluding tert-OH is 1. The lowest BCUT2D eigenvalue weighted by Gasteiger charge is -2.14. The number of aromatic nitrogens is 2. The largest absolute Gasteiger partial charge is 0.396 e. The van der Waals surface area contributed by atoms with Gasteiger partial charge >= 0.3 is 0 Å². The molecular weight excluding hydrogens is 240 g/mol. The van der Waals surface area contributed by atoms with E-state index in [0.717, 1.165) is 29.7 Å². The summed E-state index contributed by atoms with van der Waals surface area (Å²) in [6.45, 7) is 3.10. The van der Waals surface area contributed by atoms with Gasteiger partial charge in [0.25, 0.3) is 0 Å². The number of nitrogens with zero attached hydrogens (tertiary/aromatic N) is 2. The minimum atomic E-state index is 0.217. The third-order valence-corrected chi connectivity index (χ3v) is 3.07. The van der Waals surface area contributed by atoms with Crippen molar-refractivity contribution in [2.24, 2.45) is 5.92 Å². The summed E-state index contributed by atoms with van der Waals surface area (Å²) < 4.78 is 0. The summed E-state index contributed by atoms with van der Waals surface area (Å²) in [6, 6.07) is 7.92. The molecule has 0 amide bonds. The number of anilines is 2. The van der Waals surface area contributed by atoms with E-state index in [4.69, 9.17) is 5.11 Å². The number of fused-ring (bicyclic) bond motifs is 1. The quantitative estimate of drug-likeness (QED) is 0.742. The molecular formula is C14H20N4O. The molecule has 19 heavy (non-hydrogen) atoms. The zero-order valence-corrected chi connectivity index (χ0v) is 11.3. The van der Waals surface area contributed by atoms with Crippen molar-refractivity contribution < 1.29 is 5.11 Å². The van der Waals surface area contributed by atoms with Crippen LogP contribution in [0.4, 0.5) is 11.8 Å². The Bertz CT molecular complexity index is 544. The smallest absolute Gasteiger partial charge is 0.224 e. The molecule has 5 nitrogen and oxygen atoms in total. The van der Waals surface area contributed by atoms with Crippen LogP contribution in [-0.4, -0.2) is 35.3 Å². The normalized spacial score (nSPS) is 12.4. The van der Waals surface area contributed by atoms with Gasteiger partial charge in [0.05, 0.1) is 5.52 Å². The number of hydrogen-bond acceptors (Lipinski definition) is 5. The second kappa shape index (κ2) is 6.33. The second-order valence-corrected chi connectivity index (χ2v) is 4.66. The molecule has 0 aliphatic carbocycles. The first-order chi connectivity index (χ1) is 9.24. The Morgan fingerprint density at radius 3 is 2.79 bits per heavy atom. The summed E-state index contributed by atoms with van der Waals surface area (Å²) in [6.07, 6.45) is 0.787. The van der Waals surface area contributed by atoms with Crippen LogP contribution in [-0.2, 0) is 0 Å². The van der Waals surface area contributed by atoms with E-state index in [1.165, 1.54) is 0 Å². The van der Waals surface area contributed by atoms with E-state index in [0.29, 0.717) is 11.9 Å². The Balaban J connectivity index is 2.25. The fraction of sp³-hybridized carbons (Fsp3) is 0.429. The molecule has 102 valence electrons. The van der Waals surface area contributed by atoms with Crippen molar-refractivity contribution in [3.63, 3.8) is 0 Å². The third-order valence-electron chi connectivity index (χ3n) is 3.07. The van der Waals surface area contributed by atoms with Crippen LogP contribution >= 0.6 is 0 Å². The minimum absolute atomic E-state index is 0.217. The number of para-hydroxylation sites is 1. The van der Waals surface area contributed by atoms with E-state index >= 15 is 0 Å². The first-order valence-electron chi connectivity index (χ1n) is 6.54. The zero-order valence-electron chi connectivity index (χ0n) is 11.3. The first-order valence-corrected chi connectivity index (χ1v) is 6.54. The van der Waals surface area contributed by atoms with Gasteiger partial charge in [-0.05, 0) is 24.5 Å². The van der Waals surface area contributed by atoms with Crippen molar-refractivity contribution in [3.8, 4) is 0 Å². The molecule has 0 saturated heterocycles. The Morgan fingerprint density at radius 2 is 2.05 bits per heavy atom. The Kier molecular flexibility index (Phi) is 4.52. The molecule has 0 radical (unpaired) electrons. The summed E-state index contributed by atoms with van der Waals surface area (Å²) in [4.78, 5) is 8.87. The molecule has 1 aromatic carbocycles. The van der Waals surface area contributed by atoms with Crippen LogP contribution in [0.5, 0.6) is 0 Å². The SMILES string of the molecule is CNc1nc(NCC(C)CCO)c2ccccc2n1. The number of nitrogens with one attached hydrogen (secondary N) is 2. The van der Waals surface area contributed by atoms with E-state index in [1.54, 1.807) is 0 Å². The molecule has 0 spiro atoms. The summed E-state index contributed by atoms with van der Waals surface area (Å²) in [5.74, 6) is 1.84. The maximum absolute atomic E-state index is 8.92. The van der Waals surface area contributed by atoms with Crippen LogP contribution in [0, 0.1) is 5.92 Å². The van der Waals surface area contributed by atoms with E-state index in [9.17, 15) is 0 Å². The van der Waals surface area contributed by atoms with Crippen LogP contribution in [0.25, 0.3) is 10.9 Å². The average molecular weight is 260 g/mol. The van der Waals surface area contributed by atoms with Gasteiger partial charge in [0.15, 0.2) is 0 Å². The van der Waals surface area contributed by atoms with E-state index in [1.807, 2.05) is 31.3 Å². The maximum atomic E-state index is 8.92. The lowest BCUT2D eigenvalue weighted by atomic mass is 10.1. The summed E-state index contributed by atoms with van der Waals surface area (Å²) in [5.41, 5.74) is 0.916. The summed E-state index contributed by atoms with van der Waals surface area (Å²) in [5, 5.41) is 16.3. The summed E-state index contributed by atoms with van der Waals surface area (Å²) in [7, 11) is 1.81. The van der Waals surface area contributed by atoms with Crippen LogP contribution in [0.1, 0.15) is 13.3 Å². The van der Waals surface area contributed by atoms with Crippen molar-refractivity contribution in [3.05, 3.63) is 24.3 Å². The van der Waals surface area contributed by atoms with Gasteiger partial charge in [-0.15, -0.1) is 0 Å². The zero-order chi connectivity index (χ0) is 13.7. The maximum Gasteiger partial charge on any atom is 0.224 e. The van der Waals surface area contributed by atoms with Crippen LogP contribution in [0.3, 0.4) is 0 Å². The van der Waals surface area contributed by atoms with E-state index < -0.39 is 0 Å². The van der Waals surface area contributed by atoms with Gasteiger partial charge < -0.3 is 15.7 Å². The van der Waals surface area contributed by atoms with Gasteiger partial charge in [-0.1, -0.05) is 19.1 Å². The molecule has 0 fully saturated rings. The van der Waals surface area contributed by atoms with Crippen molar-refractivity contribution in [2.45, 2.75) is 13.3 Å². The van der Waals surface area contributed by atoms with Crippen molar-refractivity contribution >= 4 is 22.7 Å². The number of aliphatic hydroxyl groups is 1. The van der Waals surface area contributed by atoms with Gasteiger partial charge in [-0.25, -0.2) is 4.98 Å². The van der Waals surface area contributed by atoms with Crippen LogP contribution < -0.4 is 10.6 Å². The van der Waals surface area contributed by atoms with Gasteiger partial charge in [0.1, 0.15) is 5.82 Å². The predicted octanol–water partition coefficient (Wildman–Crippen LogP) is 2.10. The molecule has 1 unspecified atom stereocenters. The van der Waals surface area contributed by atoms with E-state index in [-0.39, 0.29) is 6.61 Å². The monoisotopic (exact) mass is 260 g/mol. The fourth-order valence-corrected chi connectivity index (χ4v) is 1.92. The highest BCUT2D eigenvalue weighted by Gasteiger charge is 2.08. The van der Waals surface area contributed by atoms with Crippen molar-refractivity contribution in [2.75, 3.05) is 30.8 Å². The van der Waals surface area contributed by atoms with Crippen LogP contribution in [0.15, 0.2) is 24.3 Å². The molecule has 0 saturated carbocycles. The second-order valence-electron chi connectivity index (χ2n) is 4.66. The average Bonchev–Trinajstić information content (AvgIpc) is 2.44. The lowest BCUT2D eigenvalue weighted by molar-refractivity contribution is 0.266. The molecule has 1 aromatic heterocycles. The molecule has 0 aliphatic rings. The standard InChI is InChI=1S/C14H20N4O/c1-10(7-8-19)9-16-13-11-5-3-4-6-12(11)17-14(15-2)18-13/h3-6,10,19H,7-9H2,1-2H3,(H2,15,16,17,18). The molecule has 3 N–H and O–H groups in total. The highest BCUT2D eigenvalue weighted by atomic mass is 16.3. The lowest BCUT2D eigenvalue weighted by Crippen LogP contribution is -2.14.